The number of piperidine rings is 1. The number of hydrogen-bond donors (Lipinski definition) is 0. The Bertz CT molecular complexity index is 655. The van der Waals surface area contributed by atoms with Gasteiger partial charge in [0.15, 0.2) is 0 Å². The van der Waals surface area contributed by atoms with Gasteiger partial charge in [0.2, 0.25) is 11.8 Å². The molecule has 1 aliphatic heterocycles. The number of nitrogens with zero attached hydrogens (tertiary/aromatic N) is 1. The number of hydrogen-bond acceptors (Lipinski definition) is 3. The van der Waals surface area contributed by atoms with Gasteiger partial charge >= 0.3 is 0 Å². The van der Waals surface area contributed by atoms with Gasteiger partial charge in [0.1, 0.15) is 18.4 Å². The van der Waals surface area contributed by atoms with Crippen LogP contribution in [-0.4, -0.2) is 38.1 Å². The lowest BCUT2D eigenvalue weighted by Gasteiger charge is -2.31. The molecule has 138 valence electrons. The molecule has 0 spiro atoms. The van der Waals surface area contributed by atoms with E-state index in [9.17, 15) is 18.4 Å². The van der Waals surface area contributed by atoms with E-state index in [4.69, 9.17) is 4.74 Å². The van der Waals surface area contributed by atoms with E-state index in [-0.39, 0.29) is 35.5 Å². The van der Waals surface area contributed by atoms with Gasteiger partial charge < -0.3 is 4.74 Å². The molecule has 1 saturated heterocycles. The molecule has 2 rings (SSSR count). The van der Waals surface area contributed by atoms with E-state index in [1.807, 2.05) is 0 Å². The summed E-state index contributed by atoms with van der Waals surface area (Å²) in [6.45, 7) is 6.88. The van der Waals surface area contributed by atoms with Crippen LogP contribution in [0.1, 0.15) is 24.3 Å². The molecular weight excluding hydrogens is 412 g/mol. The van der Waals surface area contributed by atoms with Crippen molar-refractivity contribution in [2.45, 2.75) is 44.4 Å². The van der Waals surface area contributed by atoms with Gasteiger partial charge in [-0.1, -0.05) is 35.6 Å². The van der Waals surface area contributed by atoms with Crippen molar-refractivity contribution in [3.8, 4) is 0 Å². The van der Waals surface area contributed by atoms with Gasteiger partial charge in [-0.15, -0.1) is 0 Å². The summed E-state index contributed by atoms with van der Waals surface area (Å²) in [4.78, 5) is 25.6. The number of amides is 2. The third-order valence-corrected chi connectivity index (χ3v) is 6.28. The molecule has 1 aromatic rings. The van der Waals surface area contributed by atoms with Gasteiger partial charge in [-0.05, 0) is 24.6 Å². The summed E-state index contributed by atoms with van der Waals surface area (Å²) in [6.07, 6.45) is 0.154. The number of benzene rings is 1. The first-order chi connectivity index (χ1) is 11.6. The van der Waals surface area contributed by atoms with Crippen molar-refractivity contribution in [2.75, 3.05) is 13.3 Å². The molecule has 0 N–H and O–H groups in total. The van der Waals surface area contributed by atoms with Crippen molar-refractivity contribution in [3.05, 3.63) is 33.8 Å². The third kappa shape index (κ3) is 5.18. The van der Waals surface area contributed by atoms with Crippen LogP contribution in [-0.2, 0) is 14.3 Å². The molecule has 1 aliphatic rings. The minimum atomic E-state index is -1.28. The van der Waals surface area contributed by atoms with Crippen LogP contribution in [0.25, 0.3) is 0 Å². The normalized spacial score (nSPS) is 18.8. The second-order valence-electron chi connectivity index (χ2n) is 7.38. The lowest BCUT2D eigenvalue weighted by atomic mass is 9.89. The topological polar surface area (TPSA) is 46.6 Å². The summed E-state index contributed by atoms with van der Waals surface area (Å²) in [7, 11) is -1.28. The Labute approximate surface area is 155 Å². The molecule has 1 unspecified atom stereocenters. The molecular formula is C17H22BrF2NO3Si. The van der Waals surface area contributed by atoms with E-state index < -0.39 is 31.5 Å². The first-order valence-corrected chi connectivity index (χ1v) is 12.7. The van der Waals surface area contributed by atoms with Crippen molar-refractivity contribution >= 4 is 35.8 Å². The first-order valence-electron chi connectivity index (χ1n) is 8.16. The first kappa shape index (κ1) is 20.2. The monoisotopic (exact) mass is 433 g/mol. The number of carbonyl (C=O) groups is 2. The van der Waals surface area contributed by atoms with Gasteiger partial charge in [0.05, 0.1) is 5.92 Å². The molecule has 0 aliphatic carbocycles. The molecule has 25 heavy (non-hydrogen) atoms. The number of carbonyl (C=O) groups excluding carboxylic acids is 2. The lowest BCUT2D eigenvalue weighted by Crippen LogP contribution is -2.45. The van der Waals surface area contributed by atoms with Crippen molar-refractivity contribution < 1.29 is 23.1 Å². The minimum Gasteiger partial charge on any atom is -0.361 e. The van der Waals surface area contributed by atoms with Crippen LogP contribution in [0.5, 0.6) is 0 Å². The number of imide groups is 1. The van der Waals surface area contributed by atoms with Crippen LogP contribution in [0, 0.1) is 11.6 Å². The average Bonchev–Trinajstić information content (AvgIpc) is 2.46. The maximum atomic E-state index is 14.2. The van der Waals surface area contributed by atoms with Gasteiger partial charge in [-0.25, -0.2) is 8.78 Å². The van der Waals surface area contributed by atoms with Gasteiger partial charge in [-0.2, -0.15) is 0 Å². The Morgan fingerprint density at radius 2 is 1.84 bits per heavy atom. The molecule has 1 atom stereocenters. The largest absolute Gasteiger partial charge is 0.361 e. The quantitative estimate of drug-likeness (QED) is 0.382. The zero-order valence-electron chi connectivity index (χ0n) is 14.6. The van der Waals surface area contributed by atoms with Crippen molar-refractivity contribution in [1.29, 1.82) is 0 Å². The summed E-state index contributed by atoms with van der Waals surface area (Å²) >= 11 is 3.02. The molecule has 1 aromatic carbocycles. The summed E-state index contributed by atoms with van der Waals surface area (Å²) in [5.41, 5.74) is -0.284. The summed E-state index contributed by atoms with van der Waals surface area (Å²) in [6, 6.07) is 3.15. The number of ether oxygens (including phenoxy) is 1. The van der Waals surface area contributed by atoms with Crippen LogP contribution in [0.4, 0.5) is 8.78 Å². The second kappa shape index (κ2) is 8.05. The fraction of sp³-hybridized carbons (Fsp3) is 0.529. The van der Waals surface area contributed by atoms with E-state index in [0.717, 1.165) is 23.1 Å². The maximum absolute atomic E-state index is 14.2. The third-order valence-electron chi connectivity index (χ3n) is 4.12. The van der Waals surface area contributed by atoms with Crippen molar-refractivity contribution in [1.82, 2.24) is 4.90 Å². The summed E-state index contributed by atoms with van der Waals surface area (Å²) in [5, 5.41) is 0. The molecule has 0 bridgehead atoms. The van der Waals surface area contributed by atoms with Gasteiger partial charge in [-0.3, -0.25) is 14.5 Å². The van der Waals surface area contributed by atoms with E-state index in [1.54, 1.807) is 0 Å². The zero-order valence-corrected chi connectivity index (χ0v) is 17.2. The SMILES string of the molecule is C[Si](C)(C)CCOCN1C(=O)CCC(c2c(F)cc(Br)cc2F)C1=O. The lowest BCUT2D eigenvalue weighted by molar-refractivity contribution is -0.155. The molecule has 2 amide bonds. The highest BCUT2D eigenvalue weighted by Crippen LogP contribution is 2.33. The van der Waals surface area contributed by atoms with Gasteiger partial charge in [0, 0.05) is 31.1 Å². The molecule has 0 aromatic heterocycles. The van der Waals surface area contributed by atoms with Crippen molar-refractivity contribution in [3.63, 3.8) is 0 Å². The molecule has 0 radical (unpaired) electrons. The highest BCUT2D eigenvalue weighted by atomic mass is 79.9. The smallest absolute Gasteiger partial charge is 0.238 e. The Kier molecular flexibility index (Phi) is 6.50. The van der Waals surface area contributed by atoms with Crippen LogP contribution >= 0.6 is 15.9 Å². The number of likely N-dealkylation sites (tertiary alicyclic amines) is 1. The molecule has 4 nitrogen and oxygen atoms in total. The minimum absolute atomic E-state index is 0.0583. The highest BCUT2D eigenvalue weighted by molar-refractivity contribution is 9.10. The fourth-order valence-corrected chi connectivity index (χ4v) is 3.82. The van der Waals surface area contributed by atoms with Crippen LogP contribution in [0.3, 0.4) is 0 Å². The molecule has 1 heterocycles. The van der Waals surface area contributed by atoms with E-state index in [0.29, 0.717) is 6.61 Å². The number of halogens is 3. The maximum Gasteiger partial charge on any atom is 0.238 e. The van der Waals surface area contributed by atoms with Gasteiger partial charge in [0.25, 0.3) is 0 Å². The van der Waals surface area contributed by atoms with Crippen LogP contribution in [0.15, 0.2) is 16.6 Å². The Balaban J connectivity index is 2.11. The predicted molar refractivity (Wildman–Crippen MR) is 96.9 cm³/mol. The Morgan fingerprint density at radius 1 is 1.24 bits per heavy atom. The molecule has 8 heteroatoms. The molecule has 1 fully saturated rings. The van der Waals surface area contributed by atoms with Crippen LogP contribution < -0.4 is 0 Å². The van der Waals surface area contributed by atoms with E-state index >= 15 is 0 Å². The Morgan fingerprint density at radius 3 is 2.40 bits per heavy atom. The predicted octanol–water partition coefficient (Wildman–Crippen LogP) is 4.27. The zero-order chi connectivity index (χ0) is 18.8. The van der Waals surface area contributed by atoms with Crippen LogP contribution in [0.2, 0.25) is 25.7 Å². The van der Waals surface area contributed by atoms with E-state index in [2.05, 4.69) is 35.6 Å². The molecule has 0 saturated carbocycles. The van der Waals surface area contributed by atoms with Crippen molar-refractivity contribution in [2.24, 2.45) is 0 Å². The highest BCUT2D eigenvalue weighted by Gasteiger charge is 2.38. The summed E-state index contributed by atoms with van der Waals surface area (Å²) < 4.78 is 34.1. The number of rotatable bonds is 6. The summed E-state index contributed by atoms with van der Waals surface area (Å²) in [5.74, 6) is -3.57. The second-order valence-corrected chi connectivity index (χ2v) is 13.9. The standard InChI is InChI=1S/C17H22BrF2NO3Si/c1-25(2,3)7-6-24-10-21-15(22)5-4-12(17(21)23)16-13(19)8-11(18)9-14(16)20/h8-9,12H,4-7,10H2,1-3H3. The fourth-order valence-electron chi connectivity index (χ4n) is 2.66. The van der Waals surface area contributed by atoms with E-state index in [1.165, 1.54) is 0 Å². The Hall–Kier alpha value is -1.12. The average molecular weight is 434 g/mol.